The van der Waals surface area contributed by atoms with E-state index >= 15 is 0 Å². The zero-order valence-electron chi connectivity index (χ0n) is 13.6. The lowest BCUT2D eigenvalue weighted by atomic mass is 10.2. The summed E-state index contributed by atoms with van der Waals surface area (Å²) in [7, 11) is -3.63. The molecule has 5 nitrogen and oxygen atoms in total. The summed E-state index contributed by atoms with van der Waals surface area (Å²) in [6, 6.07) is 8.28. The van der Waals surface area contributed by atoms with Crippen LogP contribution in [0.25, 0.3) is 0 Å². The lowest BCUT2D eigenvalue weighted by Gasteiger charge is -2.26. The molecule has 0 unspecified atom stereocenters. The number of ether oxygens (including phenoxy) is 2. The average molecular weight is 420 g/mol. The van der Waals surface area contributed by atoms with Crippen molar-refractivity contribution in [2.24, 2.45) is 0 Å². The van der Waals surface area contributed by atoms with Crippen LogP contribution in [0.4, 0.5) is 4.39 Å². The van der Waals surface area contributed by atoms with Crippen molar-refractivity contribution in [3.8, 4) is 5.75 Å². The molecule has 26 heavy (non-hydrogen) atoms. The minimum absolute atomic E-state index is 0.0778. The Hall–Kier alpha value is -1.38. The van der Waals surface area contributed by atoms with E-state index in [1.54, 1.807) is 0 Å². The largest absolute Gasteiger partial charge is 0.487 e. The molecule has 0 N–H and O–H groups in total. The van der Waals surface area contributed by atoms with E-state index < -0.39 is 15.8 Å². The predicted octanol–water partition coefficient (Wildman–Crippen LogP) is 3.73. The zero-order chi connectivity index (χ0) is 18.7. The summed E-state index contributed by atoms with van der Waals surface area (Å²) >= 11 is 12.1. The topological polar surface area (TPSA) is 55.8 Å². The lowest BCUT2D eigenvalue weighted by molar-refractivity contribution is 0.0730. The molecule has 2 aromatic carbocycles. The molecule has 0 radical (unpaired) electrons. The molecule has 140 valence electrons. The van der Waals surface area contributed by atoms with Crippen molar-refractivity contribution in [1.82, 2.24) is 4.31 Å². The van der Waals surface area contributed by atoms with E-state index in [9.17, 15) is 12.8 Å². The molecule has 1 aliphatic rings. The van der Waals surface area contributed by atoms with Gasteiger partial charge in [-0.25, -0.2) is 12.8 Å². The van der Waals surface area contributed by atoms with Crippen molar-refractivity contribution >= 4 is 33.2 Å². The van der Waals surface area contributed by atoms with E-state index in [-0.39, 0.29) is 21.5 Å². The summed E-state index contributed by atoms with van der Waals surface area (Å²) in [6.07, 6.45) is 0. The molecule has 0 spiro atoms. The first-order valence-corrected chi connectivity index (χ1v) is 10.0. The smallest absolute Gasteiger partial charge is 0.243 e. The van der Waals surface area contributed by atoms with E-state index in [1.165, 1.54) is 40.7 Å². The van der Waals surface area contributed by atoms with Crippen LogP contribution >= 0.6 is 23.2 Å². The maximum absolute atomic E-state index is 13.1. The second-order valence-corrected chi connectivity index (χ2v) is 8.39. The van der Waals surface area contributed by atoms with E-state index in [4.69, 9.17) is 32.7 Å². The molecule has 9 heteroatoms. The van der Waals surface area contributed by atoms with Crippen LogP contribution in [-0.4, -0.2) is 39.0 Å². The van der Waals surface area contributed by atoms with Gasteiger partial charge in [-0.1, -0.05) is 29.3 Å². The maximum Gasteiger partial charge on any atom is 0.243 e. The molecule has 3 rings (SSSR count). The predicted molar refractivity (Wildman–Crippen MR) is 96.8 cm³/mol. The third kappa shape index (κ3) is 4.29. The van der Waals surface area contributed by atoms with Gasteiger partial charge < -0.3 is 9.47 Å². The van der Waals surface area contributed by atoms with Crippen LogP contribution in [-0.2, 0) is 21.4 Å². The number of halogens is 3. The molecule has 0 aromatic heterocycles. The standard InChI is InChI=1S/C17H16Cl2FNO4S/c18-15-9-13(20)2-1-12(15)11-25-17-4-3-14(10-16(17)19)26(22,23)21-5-7-24-8-6-21/h1-4,9-10H,5-8,11H2. The highest BCUT2D eigenvalue weighted by Gasteiger charge is 2.27. The fourth-order valence-electron chi connectivity index (χ4n) is 2.49. The van der Waals surface area contributed by atoms with Gasteiger partial charge in [-0.3, -0.25) is 0 Å². The Labute approximate surface area is 161 Å². The van der Waals surface area contributed by atoms with Crippen LogP contribution in [0.1, 0.15) is 5.56 Å². The monoisotopic (exact) mass is 419 g/mol. The van der Waals surface area contributed by atoms with E-state index in [0.717, 1.165) is 0 Å². The van der Waals surface area contributed by atoms with Crippen molar-refractivity contribution in [2.75, 3.05) is 26.3 Å². The lowest BCUT2D eigenvalue weighted by Crippen LogP contribution is -2.40. The molecular weight excluding hydrogens is 404 g/mol. The molecule has 1 aliphatic heterocycles. The van der Waals surface area contributed by atoms with Crippen LogP contribution in [0.2, 0.25) is 10.0 Å². The van der Waals surface area contributed by atoms with Crippen molar-refractivity contribution in [3.63, 3.8) is 0 Å². The van der Waals surface area contributed by atoms with E-state index in [1.807, 2.05) is 0 Å². The van der Waals surface area contributed by atoms with Crippen molar-refractivity contribution in [1.29, 1.82) is 0 Å². The van der Waals surface area contributed by atoms with Crippen molar-refractivity contribution < 1.29 is 22.3 Å². The van der Waals surface area contributed by atoms with Crippen molar-refractivity contribution in [2.45, 2.75) is 11.5 Å². The Kier molecular flexibility index (Phi) is 6.04. The highest BCUT2D eigenvalue weighted by atomic mass is 35.5. The van der Waals surface area contributed by atoms with Gasteiger partial charge >= 0.3 is 0 Å². The van der Waals surface area contributed by atoms with E-state index in [0.29, 0.717) is 37.6 Å². The summed E-state index contributed by atoms with van der Waals surface area (Å²) in [5.74, 6) is -0.123. The number of rotatable bonds is 5. The quantitative estimate of drug-likeness (QED) is 0.740. The molecule has 0 aliphatic carbocycles. The number of hydrogen-bond acceptors (Lipinski definition) is 4. The Morgan fingerprint density at radius 2 is 1.81 bits per heavy atom. The molecule has 2 aromatic rings. The number of benzene rings is 2. The second-order valence-electron chi connectivity index (χ2n) is 5.63. The first-order valence-electron chi connectivity index (χ1n) is 7.82. The van der Waals surface area contributed by atoms with Gasteiger partial charge in [0.15, 0.2) is 0 Å². The zero-order valence-corrected chi connectivity index (χ0v) is 16.0. The minimum atomic E-state index is -3.63. The Morgan fingerprint density at radius 3 is 2.46 bits per heavy atom. The summed E-state index contributed by atoms with van der Waals surface area (Å²) in [4.78, 5) is 0.0940. The Morgan fingerprint density at radius 1 is 1.08 bits per heavy atom. The molecule has 1 fully saturated rings. The highest BCUT2D eigenvalue weighted by Crippen LogP contribution is 2.30. The third-order valence-electron chi connectivity index (χ3n) is 3.91. The minimum Gasteiger partial charge on any atom is -0.487 e. The summed E-state index contributed by atoms with van der Waals surface area (Å²) in [6.45, 7) is 1.43. The van der Waals surface area contributed by atoms with Gasteiger partial charge in [-0.15, -0.1) is 0 Å². The number of sulfonamides is 1. The fourth-order valence-corrected chi connectivity index (χ4v) is 4.45. The van der Waals surface area contributed by atoms with Gasteiger partial charge in [0, 0.05) is 18.7 Å². The Bertz CT molecular complexity index is 902. The molecule has 0 bridgehead atoms. The molecular formula is C17H16Cl2FNO4S. The van der Waals surface area contributed by atoms with Gasteiger partial charge in [0.25, 0.3) is 0 Å². The van der Waals surface area contributed by atoms with Gasteiger partial charge in [0.2, 0.25) is 10.0 Å². The maximum atomic E-state index is 13.1. The molecule has 0 atom stereocenters. The van der Waals surface area contributed by atoms with Crippen molar-refractivity contribution in [3.05, 3.63) is 57.8 Å². The van der Waals surface area contributed by atoms with Crippen LogP contribution in [0.5, 0.6) is 5.75 Å². The number of morpholine rings is 1. The van der Waals surface area contributed by atoms with Crippen LogP contribution < -0.4 is 4.74 Å². The molecule has 0 saturated carbocycles. The van der Waals surface area contributed by atoms with Gasteiger partial charge in [0.05, 0.1) is 28.2 Å². The normalized spacial score (nSPS) is 15.8. The van der Waals surface area contributed by atoms with Gasteiger partial charge in [-0.2, -0.15) is 4.31 Å². The Balaban J connectivity index is 1.75. The first-order chi connectivity index (χ1) is 12.4. The van der Waals surface area contributed by atoms with Crippen LogP contribution in [0, 0.1) is 5.82 Å². The summed E-state index contributed by atoms with van der Waals surface area (Å²) < 4.78 is 50.4. The molecule has 1 heterocycles. The average Bonchev–Trinajstić information content (AvgIpc) is 2.62. The SMILES string of the molecule is O=S(=O)(c1ccc(OCc2ccc(F)cc2Cl)c(Cl)c1)N1CCOCC1. The van der Waals surface area contributed by atoms with Crippen LogP contribution in [0.15, 0.2) is 41.3 Å². The molecule has 0 amide bonds. The summed E-state index contributed by atoms with van der Waals surface area (Å²) in [5.41, 5.74) is 0.592. The van der Waals surface area contributed by atoms with Gasteiger partial charge in [0.1, 0.15) is 18.2 Å². The number of nitrogens with zero attached hydrogens (tertiary/aromatic N) is 1. The summed E-state index contributed by atoms with van der Waals surface area (Å²) in [5, 5.41) is 0.408. The highest BCUT2D eigenvalue weighted by molar-refractivity contribution is 7.89. The second kappa shape index (κ2) is 8.10. The first kappa shape index (κ1) is 19.4. The van der Waals surface area contributed by atoms with Gasteiger partial charge in [-0.05, 0) is 30.3 Å². The molecule has 1 saturated heterocycles. The number of hydrogen-bond donors (Lipinski definition) is 0. The van der Waals surface area contributed by atoms with Crippen LogP contribution in [0.3, 0.4) is 0 Å². The third-order valence-corrected chi connectivity index (χ3v) is 6.45. The van der Waals surface area contributed by atoms with E-state index in [2.05, 4.69) is 0 Å². The fraction of sp³-hybridized carbons (Fsp3) is 0.294.